The Labute approximate surface area is 133 Å². The average Bonchev–Trinajstić information content (AvgIpc) is 2.93. The van der Waals surface area contributed by atoms with Crippen LogP contribution in [-0.2, 0) is 11.8 Å². The van der Waals surface area contributed by atoms with Gasteiger partial charge in [-0.2, -0.15) is 10.1 Å². The molecule has 0 spiro atoms. The van der Waals surface area contributed by atoms with E-state index < -0.39 is 0 Å². The van der Waals surface area contributed by atoms with E-state index in [9.17, 15) is 4.79 Å². The van der Waals surface area contributed by atoms with Gasteiger partial charge >= 0.3 is 0 Å². The number of carbonyl (C=O) groups is 1. The van der Waals surface area contributed by atoms with Gasteiger partial charge in [0.25, 0.3) is 0 Å². The SMILES string of the molecule is Cn1c(N2N=C(c3ccccn3)CCC2=O)nc2ccccc21. The zero-order valence-corrected chi connectivity index (χ0v) is 12.7. The van der Waals surface area contributed by atoms with Crippen molar-refractivity contribution < 1.29 is 4.79 Å². The maximum atomic E-state index is 12.3. The maximum Gasteiger partial charge on any atom is 0.250 e. The molecule has 1 aliphatic heterocycles. The van der Waals surface area contributed by atoms with Crippen molar-refractivity contribution in [1.82, 2.24) is 14.5 Å². The molecule has 0 saturated carbocycles. The number of rotatable bonds is 2. The van der Waals surface area contributed by atoms with Crippen LogP contribution in [0.15, 0.2) is 53.8 Å². The smallest absolute Gasteiger partial charge is 0.250 e. The Bertz CT molecular complexity index is 913. The number of nitrogens with zero attached hydrogens (tertiary/aromatic N) is 5. The van der Waals surface area contributed by atoms with Crippen molar-refractivity contribution in [1.29, 1.82) is 0 Å². The van der Waals surface area contributed by atoms with Gasteiger partial charge in [0, 0.05) is 26.1 Å². The van der Waals surface area contributed by atoms with Crippen LogP contribution >= 0.6 is 0 Å². The highest BCUT2D eigenvalue weighted by Gasteiger charge is 2.26. The average molecular weight is 305 g/mol. The number of fused-ring (bicyclic) bond motifs is 1. The second-order valence-electron chi connectivity index (χ2n) is 5.43. The molecule has 1 aromatic carbocycles. The predicted molar refractivity (Wildman–Crippen MR) is 88.2 cm³/mol. The highest BCUT2D eigenvalue weighted by Crippen LogP contribution is 2.25. The van der Waals surface area contributed by atoms with Crippen molar-refractivity contribution in [2.24, 2.45) is 12.1 Å². The zero-order chi connectivity index (χ0) is 15.8. The van der Waals surface area contributed by atoms with E-state index in [4.69, 9.17) is 0 Å². The Morgan fingerprint density at radius 1 is 1.04 bits per heavy atom. The zero-order valence-electron chi connectivity index (χ0n) is 12.7. The summed E-state index contributed by atoms with van der Waals surface area (Å²) in [5, 5.41) is 5.91. The number of hydrogen-bond acceptors (Lipinski definition) is 4. The number of hydrazone groups is 1. The third-order valence-corrected chi connectivity index (χ3v) is 3.95. The van der Waals surface area contributed by atoms with Gasteiger partial charge in [-0.05, 0) is 24.3 Å². The minimum atomic E-state index is -0.0527. The molecular formula is C17H15N5O. The normalized spacial score (nSPS) is 15.1. The molecule has 0 atom stereocenters. The van der Waals surface area contributed by atoms with Gasteiger partial charge in [0.15, 0.2) is 0 Å². The quantitative estimate of drug-likeness (QED) is 0.730. The van der Waals surface area contributed by atoms with E-state index in [1.54, 1.807) is 6.20 Å². The van der Waals surface area contributed by atoms with E-state index in [-0.39, 0.29) is 5.91 Å². The molecular weight excluding hydrogens is 290 g/mol. The highest BCUT2D eigenvalue weighted by atomic mass is 16.2. The molecule has 0 saturated heterocycles. The van der Waals surface area contributed by atoms with Crippen molar-refractivity contribution in [3.63, 3.8) is 0 Å². The summed E-state index contributed by atoms with van der Waals surface area (Å²) < 4.78 is 1.89. The second-order valence-corrected chi connectivity index (χ2v) is 5.43. The number of carbonyl (C=O) groups excluding carboxylic acids is 1. The summed E-state index contributed by atoms with van der Waals surface area (Å²) in [6.07, 6.45) is 2.72. The fraction of sp³-hybridized carbons (Fsp3) is 0.176. The van der Waals surface area contributed by atoms with Crippen LogP contribution in [-0.4, -0.2) is 26.2 Å². The van der Waals surface area contributed by atoms with E-state index in [2.05, 4.69) is 15.1 Å². The number of pyridine rings is 1. The van der Waals surface area contributed by atoms with Crippen LogP contribution in [0.5, 0.6) is 0 Å². The van der Waals surface area contributed by atoms with Crippen molar-refractivity contribution in [2.45, 2.75) is 12.8 Å². The summed E-state index contributed by atoms with van der Waals surface area (Å²) in [5.41, 5.74) is 3.41. The Morgan fingerprint density at radius 2 is 1.87 bits per heavy atom. The first kappa shape index (κ1) is 13.6. The largest absolute Gasteiger partial charge is 0.311 e. The van der Waals surface area contributed by atoms with E-state index >= 15 is 0 Å². The lowest BCUT2D eigenvalue weighted by atomic mass is 10.1. The van der Waals surface area contributed by atoms with Crippen LogP contribution in [0.4, 0.5) is 5.95 Å². The second kappa shape index (κ2) is 5.31. The van der Waals surface area contributed by atoms with E-state index in [0.717, 1.165) is 22.4 Å². The molecule has 0 bridgehead atoms. The Balaban J connectivity index is 1.82. The lowest BCUT2D eigenvalue weighted by Gasteiger charge is -2.22. The standard InChI is InChI=1S/C17H15N5O/c1-21-15-8-3-2-7-14(15)19-17(21)22-16(23)10-9-13(20-22)12-6-4-5-11-18-12/h2-8,11H,9-10H2,1H3. The molecule has 3 aromatic rings. The van der Waals surface area contributed by atoms with Gasteiger partial charge in [0.2, 0.25) is 11.9 Å². The summed E-state index contributed by atoms with van der Waals surface area (Å²) >= 11 is 0. The molecule has 0 N–H and O–H groups in total. The Kier molecular flexibility index (Phi) is 3.15. The first-order valence-corrected chi connectivity index (χ1v) is 7.47. The number of imidazole rings is 1. The minimum Gasteiger partial charge on any atom is -0.311 e. The number of anilines is 1. The third kappa shape index (κ3) is 2.28. The summed E-state index contributed by atoms with van der Waals surface area (Å²) in [5.74, 6) is 0.479. The maximum absolute atomic E-state index is 12.3. The number of aromatic nitrogens is 3. The molecule has 1 aliphatic rings. The van der Waals surface area contributed by atoms with E-state index in [1.807, 2.05) is 54.1 Å². The molecule has 114 valence electrons. The summed E-state index contributed by atoms with van der Waals surface area (Å²) in [6, 6.07) is 13.5. The van der Waals surface area contributed by atoms with Gasteiger partial charge in [0.05, 0.1) is 22.4 Å². The van der Waals surface area contributed by atoms with Crippen molar-refractivity contribution in [3.8, 4) is 0 Å². The fourth-order valence-corrected chi connectivity index (χ4v) is 2.75. The first-order valence-electron chi connectivity index (χ1n) is 7.47. The van der Waals surface area contributed by atoms with E-state index in [0.29, 0.717) is 18.8 Å². The molecule has 4 rings (SSSR count). The molecule has 6 nitrogen and oxygen atoms in total. The van der Waals surface area contributed by atoms with Gasteiger partial charge in [-0.3, -0.25) is 9.78 Å². The number of benzene rings is 1. The van der Waals surface area contributed by atoms with Gasteiger partial charge in [-0.25, -0.2) is 4.98 Å². The van der Waals surface area contributed by atoms with Gasteiger partial charge in [-0.1, -0.05) is 18.2 Å². The third-order valence-electron chi connectivity index (χ3n) is 3.95. The van der Waals surface area contributed by atoms with Crippen molar-refractivity contribution >= 4 is 28.6 Å². The minimum absolute atomic E-state index is 0.0527. The van der Waals surface area contributed by atoms with Crippen LogP contribution in [0.1, 0.15) is 18.5 Å². The predicted octanol–water partition coefficient (Wildman–Crippen LogP) is 2.50. The Morgan fingerprint density at radius 3 is 2.65 bits per heavy atom. The molecule has 3 heterocycles. The molecule has 6 heteroatoms. The molecule has 0 fully saturated rings. The molecule has 0 unspecified atom stereocenters. The summed E-state index contributed by atoms with van der Waals surface area (Å²) in [7, 11) is 1.89. The van der Waals surface area contributed by atoms with Crippen molar-refractivity contribution in [3.05, 3.63) is 54.4 Å². The molecule has 0 aliphatic carbocycles. The summed E-state index contributed by atoms with van der Waals surface area (Å²) in [6.45, 7) is 0. The van der Waals surface area contributed by atoms with Crippen LogP contribution in [0.3, 0.4) is 0 Å². The number of aryl methyl sites for hydroxylation is 1. The topological polar surface area (TPSA) is 63.4 Å². The van der Waals surface area contributed by atoms with Crippen LogP contribution in [0.25, 0.3) is 11.0 Å². The van der Waals surface area contributed by atoms with Crippen molar-refractivity contribution in [2.75, 3.05) is 5.01 Å². The molecule has 2 aromatic heterocycles. The van der Waals surface area contributed by atoms with Crippen LogP contribution in [0.2, 0.25) is 0 Å². The van der Waals surface area contributed by atoms with Gasteiger partial charge in [-0.15, -0.1) is 0 Å². The van der Waals surface area contributed by atoms with Gasteiger partial charge < -0.3 is 4.57 Å². The number of para-hydroxylation sites is 2. The molecule has 1 amide bonds. The number of amides is 1. The first-order chi connectivity index (χ1) is 11.2. The monoisotopic (exact) mass is 305 g/mol. The lowest BCUT2D eigenvalue weighted by Crippen LogP contribution is -2.33. The molecule has 0 radical (unpaired) electrons. The van der Waals surface area contributed by atoms with E-state index in [1.165, 1.54) is 5.01 Å². The highest BCUT2D eigenvalue weighted by molar-refractivity contribution is 6.07. The fourth-order valence-electron chi connectivity index (χ4n) is 2.75. The number of hydrogen-bond donors (Lipinski definition) is 0. The Hall–Kier alpha value is -3.02. The van der Waals surface area contributed by atoms with Crippen LogP contribution < -0.4 is 5.01 Å². The van der Waals surface area contributed by atoms with Crippen LogP contribution in [0, 0.1) is 0 Å². The van der Waals surface area contributed by atoms with Gasteiger partial charge in [0.1, 0.15) is 0 Å². The molecule has 23 heavy (non-hydrogen) atoms. The summed E-state index contributed by atoms with van der Waals surface area (Å²) in [4.78, 5) is 21.2. The lowest BCUT2D eigenvalue weighted by molar-refractivity contribution is -0.118.